The second-order valence-corrected chi connectivity index (χ2v) is 6.03. The minimum absolute atomic E-state index is 0.166. The molecule has 0 bridgehead atoms. The molecule has 0 unspecified atom stereocenters. The van der Waals surface area contributed by atoms with Gasteiger partial charge in [-0.05, 0) is 40.7 Å². The molecule has 0 aromatic heterocycles. The highest BCUT2D eigenvalue weighted by Gasteiger charge is 2.17. The highest BCUT2D eigenvalue weighted by molar-refractivity contribution is 5.85. The van der Waals surface area contributed by atoms with Gasteiger partial charge >= 0.3 is 0 Å². The molecule has 0 aliphatic carbocycles. The van der Waals surface area contributed by atoms with E-state index < -0.39 is 5.97 Å². The maximum atomic E-state index is 10.7. The monoisotopic (exact) mass is 297 g/mol. The minimum Gasteiger partial charge on any atom is -0.545 e. The van der Waals surface area contributed by atoms with E-state index in [4.69, 9.17) is 4.74 Å². The molecule has 0 aliphatic heterocycles. The summed E-state index contributed by atoms with van der Waals surface area (Å²) in [5.74, 6) is -0.360. The van der Waals surface area contributed by atoms with Gasteiger partial charge < -0.3 is 14.6 Å². The summed E-state index contributed by atoms with van der Waals surface area (Å²) in [4.78, 5) is 10.7. The first-order valence-corrected chi connectivity index (χ1v) is 7.46. The Hall–Kier alpha value is -2.29. The normalized spacial score (nSPS) is 11.2. The average molecular weight is 297 g/mol. The zero-order valence-corrected chi connectivity index (χ0v) is 13.3. The molecule has 22 heavy (non-hydrogen) atoms. The molecule has 116 valence electrons. The summed E-state index contributed by atoms with van der Waals surface area (Å²) in [6.07, 6.45) is 1.08. The van der Waals surface area contributed by atoms with E-state index in [0.717, 1.165) is 17.7 Å². The van der Waals surface area contributed by atoms with Crippen LogP contribution in [0.3, 0.4) is 0 Å². The zero-order valence-electron chi connectivity index (χ0n) is 13.3. The summed E-state index contributed by atoms with van der Waals surface area (Å²) in [5, 5.41) is 10.7. The zero-order chi connectivity index (χ0) is 16.2. The highest BCUT2D eigenvalue weighted by atomic mass is 16.5. The van der Waals surface area contributed by atoms with Crippen LogP contribution in [-0.4, -0.2) is 5.97 Å². The van der Waals surface area contributed by atoms with E-state index in [1.807, 2.05) is 12.1 Å². The third-order valence-corrected chi connectivity index (χ3v) is 4.11. The molecule has 0 saturated heterocycles. The van der Waals surface area contributed by atoms with Crippen molar-refractivity contribution < 1.29 is 14.6 Å². The van der Waals surface area contributed by atoms with Crippen molar-refractivity contribution in [2.45, 2.75) is 39.2 Å². The number of carboxylic acid groups (broad SMARTS) is 1. The van der Waals surface area contributed by atoms with Gasteiger partial charge in [0.15, 0.2) is 0 Å². The Balaban J connectivity index is 1.98. The molecule has 3 heteroatoms. The van der Waals surface area contributed by atoms with E-state index >= 15 is 0 Å². The number of benzene rings is 2. The van der Waals surface area contributed by atoms with E-state index in [2.05, 4.69) is 32.9 Å². The lowest BCUT2D eigenvalue weighted by Crippen LogP contribution is -2.22. The Labute approximate surface area is 131 Å². The smallest absolute Gasteiger partial charge is 0.119 e. The summed E-state index contributed by atoms with van der Waals surface area (Å²) in [6, 6.07) is 14.7. The molecule has 3 nitrogen and oxygen atoms in total. The van der Waals surface area contributed by atoms with Crippen molar-refractivity contribution in [2.75, 3.05) is 0 Å². The van der Waals surface area contributed by atoms with Gasteiger partial charge in [0, 0.05) is 0 Å². The summed E-state index contributed by atoms with van der Waals surface area (Å²) in [6.45, 7) is 7.04. The van der Waals surface area contributed by atoms with Crippen LogP contribution in [0.1, 0.15) is 48.7 Å². The summed E-state index contributed by atoms with van der Waals surface area (Å²) in [7, 11) is 0. The number of hydrogen-bond acceptors (Lipinski definition) is 3. The Morgan fingerprint density at radius 3 is 2.14 bits per heavy atom. The maximum absolute atomic E-state index is 10.7. The highest BCUT2D eigenvalue weighted by Crippen LogP contribution is 2.28. The van der Waals surface area contributed by atoms with Crippen LogP contribution in [-0.2, 0) is 12.0 Å². The topological polar surface area (TPSA) is 49.4 Å². The van der Waals surface area contributed by atoms with E-state index in [0.29, 0.717) is 6.61 Å². The number of carboxylic acids is 1. The van der Waals surface area contributed by atoms with Crippen molar-refractivity contribution in [3.8, 4) is 5.75 Å². The predicted molar refractivity (Wildman–Crippen MR) is 84.9 cm³/mol. The fourth-order valence-electron chi connectivity index (χ4n) is 2.11. The molecule has 0 saturated carbocycles. The van der Waals surface area contributed by atoms with E-state index in [9.17, 15) is 9.90 Å². The SMILES string of the molecule is CCC(C)(C)c1ccc(OCc2ccc(C(=O)[O-])cc2)cc1. The van der Waals surface area contributed by atoms with Crippen LogP contribution in [0.25, 0.3) is 0 Å². The Bertz CT molecular complexity index is 625. The molecular formula is C19H21O3-. The number of carbonyl (C=O) groups excluding carboxylic acids is 1. The fraction of sp³-hybridized carbons (Fsp3) is 0.316. The molecule has 0 N–H and O–H groups in total. The van der Waals surface area contributed by atoms with Gasteiger partial charge in [0.1, 0.15) is 12.4 Å². The van der Waals surface area contributed by atoms with Gasteiger partial charge in [0.25, 0.3) is 0 Å². The molecule has 0 amide bonds. The Morgan fingerprint density at radius 2 is 1.64 bits per heavy atom. The molecular weight excluding hydrogens is 276 g/mol. The third-order valence-electron chi connectivity index (χ3n) is 4.11. The van der Waals surface area contributed by atoms with Crippen molar-refractivity contribution in [1.29, 1.82) is 0 Å². The van der Waals surface area contributed by atoms with Crippen LogP contribution in [0.4, 0.5) is 0 Å². The quantitative estimate of drug-likeness (QED) is 0.822. The number of ether oxygens (including phenoxy) is 1. The van der Waals surface area contributed by atoms with Gasteiger partial charge in [-0.15, -0.1) is 0 Å². The second-order valence-electron chi connectivity index (χ2n) is 6.03. The predicted octanol–water partition coefficient (Wildman–Crippen LogP) is 3.32. The van der Waals surface area contributed by atoms with Gasteiger partial charge in [-0.3, -0.25) is 0 Å². The molecule has 0 atom stereocenters. The largest absolute Gasteiger partial charge is 0.545 e. The lowest BCUT2D eigenvalue weighted by atomic mass is 9.82. The van der Waals surface area contributed by atoms with Crippen LogP contribution >= 0.6 is 0 Å². The average Bonchev–Trinajstić information content (AvgIpc) is 2.53. The van der Waals surface area contributed by atoms with Crippen molar-refractivity contribution in [1.82, 2.24) is 0 Å². The van der Waals surface area contributed by atoms with Crippen molar-refractivity contribution in [2.24, 2.45) is 0 Å². The molecule has 0 radical (unpaired) electrons. The van der Waals surface area contributed by atoms with E-state index in [1.54, 1.807) is 12.1 Å². The van der Waals surface area contributed by atoms with Crippen molar-refractivity contribution >= 4 is 5.97 Å². The number of hydrogen-bond donors (Lipinski definition) is 0. The third kappa shape index (κ3) is 3.88. The van der Waals surface area contributed by atoms with Gasteiger partial charge in [0.2, 0.25) is 0 Å². The van der Waals surface area contributed by atoms with Gasteiger partial charge in [-0.2, -0.15) is 0 Å². The van der Waals surface area contributed by atoms with Crippen LogP contribution in [0, 0.1) is 0 Å². The molecule has 0 aliphatic rings. The Kier molecular flexibility index (Phi) is 4.86. The number of carbonyl (C=O) groups is 1. The summed E-state index contributed by atoms with van der Waals surface area (Å²) >= 11 is 0. The van der Waals surface area contributed by atoms with Crippen molar-refractivity contribution in [3.63, 3.8) is 0 Å². The van der Waals surface area contributed by atoms with E-state index in [-0.39, 0.29) is 11.0 Å². The first kappa shape index (κ1) is 16.1. The standard InChI is InChI=1S/C19H22O3/c1-4-19(2,3)16-9-11-17(12-10-16)22-13-14-5-7-15(8-6-14)18(20)21/h5-12H,4,13H2,1-3H3,(H,20,21)/p-1. The van der Waals surface area contributed by atoms with Crippen LogP contribution in [0.5, 0.6) is 5.75 Å². The first-order valence-electron chi connectivity index (χ1n) is 7.46. The van der Waals surface area contributed by atoms with Gasteiger partial charge in [-0.1, -0.05) is 57.2 Å². The van der Waals surface area contributed by atoms with Crippen LogP contribution in [0.15, 0.2) is 48.5 Å². The van der Waals surface area contributed by atoms with E-state index in [1.165, 1.54) is 17.7 Å². The molecule has 0 spiro atoms. The lowest BCUT2D eigenvalue weighted by molar-refractivity contribution is -0.255. The summed E-state index contributed by atoms with van der Waals surface area (Å²) < 4.78 is 5.73. The summed E-state index contributed by atoms with van der Waals surface area (Å²) in [5.41, 5.74) is 2.55. The molecule has 0 heterocycles. The van der Waals surface area contributed by atoms with Gasteiger partial charge in [-0.25, -0.2) is 0 Å². The van der Waals surface area contributed by atoms with Gasteiger partial charge in [0.05, 0.1) is 5.97 Å². The van der Waals surface area contributed by atoms with Crippen molar-refractivity contribution in [3.05, 3.63) is 65.2 Å². The molecule has 0 fully saturated rings. The maximum Gasteiger partial charge on any atom is 0.119 e. The number of rotatable bonds is 6. The first-order chi connectivity index (χ1) is 10.4. The lowest BCUT2D eigenvalue weighted by Gasteiger charge is -2.23. The Morgan fingerprint density at radius 1 is 1.05 bits per heavy atom. The molecule has 2 aromatic carbocycles. The molecule has 2 aromatic rings. The molecule has 2 rings (SSSR count). The second kappa shape index (κ2) is 6.65. The van der Waals surface area contributed by atoms with Crippen LogP contribution in [0.2, 0.25) is 0 Å². The van der Waals surface area contributed by atoms with Crippen LogP contribution < -0.4 is 9.84 Å². The number of aromatic carboxylic acids is 1. The minimum atomic E-state index is -1.17. The fourth-order valence-corrected chi connectivity index (χ4v) is 2.11.